The van der Waals surface area contributed by atoms with Gasteiger partial charge in [-0.15, -0.1) is 0 Å². The maximum atomic E-state index is 6.29. The molecule has 6 nitrogen and oxygen atoms in total. The van der Waals surface area contributed by atoms with E-state index < -0.39 is 0 Å². The lowest BCUT2D eigenvalue weighted by Gasteiger charge is -2.47. The molecule has 1 aromatic rings. The third-order valence-electron chi connectivity index (χ3n) is 5.07. The second-order valence-electron chi connectivity index (χ2n) is 6.58. The molecular formula is C18H28ClN5O. The minimum atomic E-state index is 0.581. The van der Waals surface area contributed by atoms with Crippen LogP contribution >= 0.6 is 11.6 Å². The number of hydrogen-bond acceptors (Lipinski definition) is 4. The summed E-state index contributed by atoms with van der Waals surface area (Å²) in [7, 11) is 3.46. The molecule has 3 fully saturated rings. The second kappa shape index (κ2) is 8.74. The number of rotatable bonds is 6. The molecule has 3 saturated heterocycles. The van der Waals surface area contributed by atoms with Gasteiger partial charge >= 0.3 is 0 Å². The van der Waals surface area contributed by atoms with Gasteiger partial charge in [-0.1, -0.05) is 17.7 Å². The number of nitrogens with zero attached hydrogens (tertiary/aromatic N) is 3. The normalized spacial score (nSPS) is 25.7. The van der Waals surface area contributed by atoms with Crippen molar-refractivity contribution < 1.29 is 4.74 Å². The molecule has 0 aliphatic carbocycles. The van der Waals surface area contributed by atoms with Crippen LogP contribution < -0.4 is 15.4 Å². The fourth-order valence-corrected chi connectivity index (χ4v) is 3.79. The largest absolute Gasteiger partial charge is 0.497 e. The lowest BCUT2D eigenvalue weighted by molar-refractivity contribution is 0.0154. The molecule has 3 aliphatic heterocycles. The molecule has 0 amide bonds. The maximum Gasteiger partial charge on any atom is 0.191 e. The first kappa shape index (κ1) is 18.3. The van der Waals surface area contributed by atoms with Crippen LogP contribution in [0.5, 0.6) is 5.75 Å². The molecule has 25 heavy (non-hydrogen) atoms. The first-order chi connectivity index (χ1) is 12.2. The second-order valence-corrected chi connectivity index (χ2v) is 6.98. The van der Waals surface area contributed by atoms with Crippen molar-refractivity contribution in [3.63, 3.8) is 0 Å². The number of fused-ring (bicyclic) bond motifs is 3. The number of halogens is 1. The Balaban J connectivity index is 1.42. The summed E-state index contributed by atoms with van der Waals surface area (Å²) in [6, 6.07) is 6.39. The Kier molecular flexibility index (Phi) is 6.39. The summed E-state index contributed by atoms with van der Waals surface area (Å²) in [6.07, 6.45) is 0.840. The summed E-state index contributed by atoms with van der Waals surface area (Å²) in [6.45, 7) is 7.68. The summed E-state index contributed by atoms with van der Waals surface area (Å²) >= 11 is 6.29. The van der Waals surface area contributed by atoms with Gasteiger partial charge < -0.3 is 15.4 Å². The predicted molar refractivity (Wildman–Crippen MR) is 103 cm³/mol. The Bertz CT molecular complexity index is 601. The average Bonchev–Trinajstić information content (AvgIpc) is 2.66. The van der Waals surface area contributed by atoms with Crippen LogP contribution in [0.15, 0.2) is 23.2 Å². The van der Waals surface area contributed by atoms with Gasteiger partial charge in [-0.25, -0.2) is 0 Å². The Morgan fingerprint density at radius 2 is 2.08 bits per heavy atom. The summed E-state index contributed by atoms with van der Waals surface area (Å²) in [5, 5.41) is 7.57. The lowest BCUT2D eigenvalue weighted by Crippen LogP contribution is -2.63. The molecule has 4 rings (SSSR count). The molecule has 138 valence electrons. The molecule has 1 unspecified atom stereocenters. The van der Waals surface area contributed by atoms with E-state index >= 15 is 0 Å². The van der Waals surface area contributed by atoms with Crippen LogP contribution in [0.1, 0.15) is 5.56 Å². The first-order valence-corrected chi connectivity index (χ1v) is 9.30. The highest BCUT2D eigenvalue weighted by Gasteiger charge is 2.31. The minimum Gasteiger partial charge on any atom is -0.497 e. The molecule has 0 spiro atoms. The Morgan fingerprint density at radius 3 is 2.68 bits per heavy atom. The van der Waals surface area contributed by atoms with E-state index in [0.29, 0.717) is 6.04 Å². The summed E-state index contributed by atoms with van der Waals surface area (Å²) < 4.78 is 5.18. The van der Waals surface area contributed by atoms with Crippen LogP contribution in [0, 0.1) is 0 Å². The van der Waals surface area contributed by atoms with Gasteiger partial charge in [0.1, 0.15) is 5.75 Å². The molecule has 0 saturated carbocycles. The third kappa shape index (κ3) is 4.77. The quantitative estimate of drug-likeness (QED) is 0.583. The molecule has 3 aliphatic rings. The Morgan fingerprint density at radius 1 is 1.28 bits per heavy atom. The molecule has 7 heteroatoms. The summed E-state index contributed by atoms with van der Waals surface area (Å²) in [4.78, 5) is 9.46. The van der Waals surface area contributed by atoms with Gasteiger partial charge in [0.25, 0.3) is 0 Å². The van der Waals surface area contributed by atoms with E-state index in [1.165, 1.54) is 26.2 Å². The van der Waals surface area contributed by atoms with Crippen molar-refractivity contribution in [2.75, 3.05) is 60.0 Å². The third-order valence-corrected chi connectivity index (χ3v) is 5.42. The van der Waals surface area contributed by atoms with Crippen LogP contribution in [-0.4, -0.2) is 81.8 Å². The number of methoxy groups -OCH3 is 1. The average molecular weight is 366 g/mol. The number of ether oxygens (including phenoxy) is 1. The number of benzene rings is 1. The zero-order valence-electron chi connectivity index (χ0n) is 15.1. The van der Waals surface area contributed by atoms with Crippen molar-refractivity contribution in [1.29, 1.82) is 0 Å². The summed E-state index contributed by atoms with van der Waals surface area (Å²) in [5.41, 5.74) is 1.11. The molecule has 0 aromatic heterocycles. The molecular weight excluding hydrogens is 338 g/mol. The van der Waals surface area contributed by atoms with Crippen molar-refractivity contribution in [3.8, 4) is 5.75 Å². The van der Waals surface area contributed by atoms with Crippen LogP contribution in [-0.2, 0) is 6.42 Å². The number of piperazine rings is 3. The highest BCUT2D eigenvalue weighted by molar-refractivity contribution is 6.31. The van der Waals surface area contributed by atoms with Crippen LogP contribution in [0.3, 0.4) is 0 Å². The molecule has 2 N–H and O–H groups in total. The van der Waals surface area contributed by atoms with Crippen molar-refractivity contribution in [1.82, 2.24) is 20.4 Å². The monoisotopic (exact) mass is 365 g/mol. The molecule has 3 heterocycles. The smallest absolute Gasteiger partial charge is 0.191 e. The van der Waals surface area contributed by atoms with E-state index in [2.05, 4.69) is 25.4 Å². The van der Waals surface area contributed by atoms with Gasteiger partial charge in [-0.2, -0.15) is 0 Å². The van der Waals surface area contributed by atoms with Crippen molar-refractivity contribution in [3.05, 3.63) is 28.8 Å². The van der Waals surface area contributed by atoms with Crippen molar-refractivity contribution in [2.24, 2.45) is 4.99 Å². The fourth-order valence-electron chi connectivity index (χ4n) is 3.53. The van der Waals surface area contributed by atoms with Crippen LogP contribution in [0.2, 0.25) is 5.02 Å². The van der Waals surface area contributed by atoms with E-state index in [1.54, 1.807) is 7.11 Å². The topological polar surface area (TPSA) is 52.1 Å². The Labute approximate surface area is 155 Å². The van der Waals surface area contributed by atoms with Crippen LogP contribution in [0.25, 0.3) is 0 Å². The fraction of sp³-hybridized carbons (Fsp3) is 0.611. The van der Waals surface area contributed by atoms with Gasteiger partial charge in [0.05, 0.1) is 7.11 Å². The Hall–Kier alpha value is -1.50. The molecule has 1 atom stereocenters. The number of guanidine groups is 1. The van der Waals surface area contributed by atoms with Gasteiger partial charge in [0.2, 0.25) is 0 Å². The zero-order chi connectivity index (χ0) is 17.6. The minimum absolute atomic E-state index is 0.581. The van der Waals surface area contributed by atoms with E-state index in [-0.39, 0.29) is 0 Å². The lowest BCUT2D eigenvalue weighted by atomic mass is 10.1. The maximum absolute atomic E-state index is 6.29. The highest BCUT2D eigenvalue weighted by Crippen LogP contribution is 2.22. The van der Waals surface area contributed by atoms with Crippen molar-refractivity contribution >= 4 is 17.6 Å². The SMILES string of the molecule is CN=C(NCCc1ccc(OC)cc1Cl)NCC1CN2CCN1CC2. The van der Waals surface area contributed by atoms with Crippen LogP contribution in [0.4, 0.5) is 0 Å². The van der Waals surface area contributed by atoms with Gasteiger partial charge in [-0.3, -0.25) is 14.8 Å². The van der Waals surface area contributed by atoms with E-state index in [1.807, 2.05) is 25.2 Å². The van der Waals surface area contributed by atoms with Gasteiger partial charge in [-0.05, 0) is 24.1 Å². The van der Waals surface area contributed by atoms with Gasteiger partial charge in [0, 0.05) is 63.9 Å². The van der Waals surface area contributed by atoms with Gasteiger partial charge in [0.15, 0.2) is 5.96 Å². The standard InChI is InChI=1S/C18H28ClN5O/c1-20-18(22-12-15-13-23-7-9-24(15)10-8-23)21-6-5-14-3-4-16(25-2)11-17(14)19/h3-4,11,15H,5-10,12-13H2,1-2H3,(H2,20,21,22). The zero-order valence-corrected chi connectivity index (χ0v) is 15.9. The predicted octanol–water partition coefficient (Wildman–Crippen LogP) is 1.06. The number of aliphatic imine (C=N–C) groups is 1. The molecule has 1 aromatic carbocycles. The number of nitrogens with one attached hydrogen (secondary N) is 2. The highest BCUT2D eigenvalue weighted by atomic mass is 35.5. The van der Waals surface area contributed by atoms with E-state index in [0.717, 1.165) is 48.4 Å². The van der Waals surface area contributed by atoms with E-state index in [9.17, 15) is 0 Å². The number of hydrogen-bond donors (Lipinski definition) is 2. The molecule has 0 radical (unpaired) electrons. The first-order valence-electron chi connectivity index (χ1n) is 8.93. The molecule has 2 bridgehead atoms. The summed E-state index contributed by atoms with van der Waals surface area (Å²) in [5.74, 6) is 1.63. The van der Waals surface area contributed by atoms with E-state index in [4.69, 9.17) is 16.3 Å². The van der Waals surface area contributed by atoms with Crippen molar-refractivity contribution in [2.45, 2.75) is 12.5 Å².